The molecule has 2 amide bonds. The van der Waals surface area contributed by atoms with Crippen molar-refractivity contribution in [3.63, 3.8) is 0 Å². The van der Waals surface area contributed by atoms with Crippen LogP contribution in [0.1, 0.15) is 0 Å². The third-order valence-electron chi connectivity index (χ3n) is 2.66. The number of nitrogens with two attached hydrogens (primary N) is 1. The number of terminal acetylenes is 1. The third kappa shape index (κ3) is 4.43. The van der Waals surface area contributed by atoms with E-state index in [2.05, 4.69) is 16.1 Å². The highest BCUT2D eigenvalue weighted by atomic mass is 16.2. The Balaban J connectivity index is 2.26. The van der Waals surface area contributed by atoms with Crippen LogP contribution in [0.3, 0.4) is 0 Å². The molecule has 1 fully saturated rings. The molecule has 0 saturated carbocycles. The fourth-order valence-electron chi connectivity index (χ4n) is 1.64. The van der Waals surface area contributed by atoms with Crippen molar-refractivity contribution in [3.05, 3.63) is 0 Å². The summed E-state index contributed by atoms with van der Waals surface area (Å²) in [5.74, 6) is 2.19. The quantitative estimate of drug-likeness (QED) is 0.547. The molecular formula is C11H18N4O2. The van der Waals surface area contributed by atoms with Crippen LogP contribution in [-0.2, 0) is 9.59 Å². The van der Waals surface area contributed by atoms with Gasteiger partial charge in [-0.05, 0) is 0 Å². The number of carbonyl (C=O) groups is 2. The number of nitrogens with one attached hydrogen (secondary N) is 1. The van der Waals surface area contributed by atoms with Gasteiger partial charge in [-0.3, -0.25) is 14.5 Å². The summed E-state index contributed by atoms with van der Waals surface area (Å²) in [7, 11) is 0. The Bertz CT molecular complexity index is 316. The van der Waals surface area contributed by atoms with E-state index in [0.29, 0.717) is 19.6 Å². The lowest BCUT2D eigenvalue weighted by Gasteiger charge is -2.33. The maximum absolute atomic E-state index is 11.7. The molecule has 1 heterocycles. The highest BCUT2D eigenvalue weighted by Crippen LogP contribution is 2.00. The van der Waals surface area contributed by atoms with E-state index in [1.807, 2.05) is 0 Å². The topological polar surface area (TPSA) is 78.7 Å². The van der Waals surface area contributed by atoms with E-state index in [1.165, 1.54) is 0 Å². The van der Waals surface area contributed by atoms with E-state index >= 15 is 0 Å². The number of nitrogens with zero attached hydrogens (tertiary/aromatic N) is 2. The predicted octanol–water partition coefficient (Wildman–Crippen LogP) is -2.16. The first-order chi connectivity index (χ1) is 8.17. The first-order valence-corrected chi connectivity index (χ1v) is 5.57. The summed E-state index contributed by atoms with van der Waals surface area (Å²) in [6, 6.07) is 0. The Labute approximate surface area is 101 Å². The number of rotatable bonds is 4. The van der Waals surface area contributed by atoms with Crippen LogP contribution in [-0.4, -0.2) is 67.4 Å². The van der Waals surface area contributed by atoms with Gasteiger partial charge in [0.15, 0.2) is 0 Å². The molecule has 0 aromatic heterocycles. The van der Waals surface area contributed by atoms with Gasteiger partial charge < -0.3 is 16.0 Å². The molecule has 3 N–H and O–H groups in total. The Hall–Kier alpha value is -1.58. The van der Waals surface area contributed by atoms with Gasteiger partial charge in [0.2, 0.25) is 11.8 Å². The zero-order valence-corrected chi connectivity index (χ0v) is 9.82. The maximum atomic E-state index is 11.7. The standard InChI is InChI=1S/C11H18N4O2/c1-2-3-14-4-6-15(7-5-14)11(17)9-13-10(16)8-12/h1H,3-9,12H2,(H,13,16). The second-order valence-electron chi connectivity index (χ2n) is 3.84. The van der Waals surface area contributed by atoms with Gasteiger partial charge in [-0.25, -0.2) is 0 Å². The van der Waals surface area contributed by atoms with Crippen molar-refractivity contribution in [2.45, 2.75) is 0 Å². The molecule has 17 heavy (non-hydrogen) atoms. The van der Waals surface area contributed by atoms with E-state index in [-0.39, 0.29) is 24.9 Å². The average molecular weight is 238 g/mol. The summed E-state index contributed by atoms with van der Waals surface area (Å²) in [4.78, 5) is 26.4. The van der Waals surface area contributed by atoms with E-state index in [0.717, 1.165) is 13.1 Å². The molecule has 0 unspecified atom stereocenters. The highest BCUT2D eigenvalue weighted by Gasteiger charge is 2.20. The van der Waals surface area contributed by atoms with Gasteiger partial charge in [-0.2, -0.15) is 0 Å². The molecular weight excluding hydrogens is 220 g/mol. The van der Waals surface area contributed by atoms with Crippen molar-refractivity contribution >= 4 is 11.8 Å². The molecule has 6 nitrogen and oxygen atoms in total. The lowest BCUT2D eigenvalue weighted by molar-refractivity contribution is -0.134. The van der Waals surface area contributed by atoms with Gasteiger partial charge in [-0.1, -0.05) is 5.92 Å². The molecule has 0 atom stereocenters. The largest absolute Gasteiger partial charge is 0.346 e. The number of hydrogen-bond acceptors (Lipinski definition) is 4. The van der Waals surface area contributed by atoms with Gasteiger partial charge in [0.05, 0.1) is 19.6 Å². The van der Waals surface area contributed by atoms with Crippen LogP contribution in [0.2, 0.25) is 0 Å². The Kier molecular flexibility index (Phi) is 5.46. The zero-order valence-electron chi connectivity index (χ0n) is 9.82. The smallest absolute Gasteiger partial charge is 0.242 e. The monoisotopic (exact) mass is 238 g/mol. The molecule has 0 bridgehead atoms. The average Bonchev–Trinajstić information content (AvgIpc) is 2.36. The molecule has 0 aliphatic carbocycles. The van der Waals surface area contributed by atoms with E-state index < -0.39 is 0 Å². The van der Waals surface area contributed by atoms with Crippen molar-refractivity contribution in [2.24, 2.45) is 5.73 Å². The molecule has 1 aliphatic rings. The summed E-state index contributed by atoms with van der Waals surface area (Å²) in [6.07, 6.45) is 5.22. The third-order valence-corrected chi connectivity index (χ3v) is 2.66. The summed E-state index contributed by atoms with van der Waals surface area (Å²) >= 11 is 0. The summed E-state index contributed by atoms with van der Waals surface area (Å²) < 4.78 is 0. The fraction of sp³-hybridized carbons (Fsp3) is 0.636. The molecule has 0 radical (unpaired) electrons. The minimum Gasteiger partial charge on any atom is -0.346 e. The van der Waals surface area contributed by atoms with E-state index in [9.17, 15) is 9.59 Å². The summed E-state index contributed by atoms with van der Waals surface area (Å²) in [6.45, 7) is 3.40. The number of hydrogen-bond donors (Lipinski definition) is 2. The number of carbonyl (C=O) groups excluding carboxylic acids is 2. The van der Waals surface area contributed by atoms with Gasteiger partial charge in [-0.15, -0.1) is 6.42 Å². The molecule has 1 aliphatic heterocycles. The van der Waals surface area contributed by atoms with Crippen molar-refractivity contribution in [2.75, 3.05) is 45.8 Å². The Morgan fingerprint density at radius 1 is 1.29 bits per heavy atom. The van der Waals surface area contributed by atoms with Crippen molar-refractivity contribution in [1.29, 1.82) is 0 Å². The Morgan fingerprint density at radius 2 is 1.94 bits per heavy atom. The van der Waals surface area contributed by atoms with Crippen LogP contribution in [0, 0.1) is 12.3 Å². The highest BCUT2D eigenvalue weighted by molar-refractivity contribution is 5.85. The number of amides is 2. The van der Waals surface area contributed by atoms with Gasteiger partial charge in [0.25, 0.3) is 0 Å². The molecule has 0 aromatic rings. The summed E-state index contributed by atoms with van der Waals surface area (Å²) in [5, 5.41) is 2.46. The predicted molar refractivity (Wildman–Crippen MR) is 63.9 cm³/mol. The molecule has 6 heteroatoms. The van der Waals surface area contributed by atoms with Crippen LogP contribution < -0.4 is 11.1 Å². The normalized spacial score (nSPS) is 16.4. The zero-order chi connectivity index (χ0) is 12.7. The molecule has 0 aromatic carbocycles. The minimum absolute atomic E-state index is 0.0190. The summed E-state index contributed by atoms with van der Waals surface area (Å²) in [5.41, 5.74) is 5.13. The fourth-order valence-corrected chi connectivity index (χ4v) is 1.64. The first-order valence-electron chi connectivity index (χ1n) is 5.57. The van der Waals surface area contributed by atoms with Gasteiger partial charge in [0.1, 0.15) is 0 Å². The van der Waals surface area contributed by atoms with Gasteiger partial charge >= 0.3 is 0 Å². The van der Waals surface area contributed by atoms with Crippen LogP contribution >= 0.6 is 0 Å². The lowest BCUT2D eigenvalue weighted by atomic mass is 10.3. The van der Waals surface area contributed by atoms with Crippen molar-refractivity contribution < 1.29 is 9.59 Å². The maximum Gasteiger partial charge on any atom is 0.242 e. The lowest BCUT2D eigenvalue weighted by Crippen LogP contribution is -2.51. The molecule has 94 valence electrons. The second kappa shape index (κ2) is 6.89. The van der Waals surface area contributed by atoms with E-state index in [1.54, 1.807) is 4.90 Å². The van der Waals surface area contributed by atoms with Crippen LogP contribution in [0.15, 0.2) is 0 Å². The SMILES string of the molecule is C#CCN1CCN(C(=O)CNC(=O)CN)CC1. The molecule has 1 rings (SSSR count). The van der Waals surface area contributed by atoms with Crippen molar-refractivity contribution in [3.8, 4) is 12.3 Å². The van der Waals surface area contributed by atoms with Crippen LogP contribution in [0.4, 0.5) is 0 Å². The molecule has 1 saturated heterocycles. The van der Waals surface area contributed by atoms with Crippen molar-refractivity contribution in [1.82, 2.24) is 15.1 Å². The van der Waals surface area contributed by atoms with Crippen LogP contribution in [0.5, 0.6) is 0 Å². The second-order valence-corrected chi connectivity index (χ2v) is 3.84. The van der Waals surface area contributed by atoms with Crippen LogP contribution in [0.25, 0.3) is 0 Å². The first kappa shape index (κ1) is 13.5. The molecule has 0 spiro atoms. The number of piperazine rings is 1. The Morgan fingerprint density at radius 3 is 2.47 bits per heavy atom. The minimum atomic E-state index is -0.315. The van der Waals surface area contributed by atoms with E-state index in [4.69, 9.17) is 12.2 Å². The van der Waals surface area contributed by atoms with Gasteiger partial charge in [0, 0.05) is 26.2 Å².